The van der Waals surface area contributed by atoms with E-state index >= 15 is 0 Å². The third-order valence-electron chi connectivity index (χ3n) is 3.33. The molecule has 0 radical (unpaired) electrons. The third-order valence-corrected chi connectivity index (χ3v) is 4.61. The summed E-state index contributed by atoms with van der Waals surface area (Å²) in [6.45, 7) is -0.249. The van der Waals surface area contributed by atoms with Crippen molar-refractivity contribution in [3.05, 3.63) is 59.7 Å². The van der Waals surface area contributed by atoms with E-state index < -0.39 is 27.4 Å². The van der Waals surface area contributed by atoms with Crippen LogP contribution < -0.4 is 4.90 Å². The molecular weight excluding hydrogens is 326 g/mol. The fourth-order valence-electron chi connectivity index (χ4n) is 2.19. The van der Waals surface area contributed by atoms with Crippen molar-refractivity contribution in [2.75, 3.05) is 11.4 Å². The molecule has 0 amide bonds. The lowest BCUT2D eigenvalue weighted by atomic mass is 10.1. The predicted octanol–water partition coefficient (Wildman–Crippen LogP) is 2.38. The van der Waals surface area contributed by atoms with E-state index in [4.69, 9.17) is 0 Å². The number of ketones is 1. The van der Waals surface area contributed by atoms with Crippen molar-refractivity contribution in [2.24, 2.45) is 4.40 Å². The van der Waals surface area contributed by atoms with E-state index in [1.165, 1.54) is 23.1 Å². The van der Waals surface area contributed by atoms with Crippen LogP contribution >= 0.6 is 0 Å². The molecule has 3 rings (SSSR count). The average molecular weight is 336 g/mol. The Kier molecular flexibility index (Phi) is 3.69. The van der Waals surface area contributed by atoms with Crippen molar-refractivity contribution in [1.82, 2.24) is 0 Å². The van der Waals surface area contributed by atoms with Gasteiger partial charge in [0.2, 0.25) is 0 Å². The van der Waals surface area contributed by atoms with Gasteiger partial charge in [0.1, 0.15) is 11.2 Å². The van der Waals surface area contributed by atoms with Crippen molar-refractivity contribution < 1.29 is 22.0 Å². The standard InChI is InChI=1S/C15H10F2N2O3S/c16-11-6-5-10(7-12(11)17)14(20)8-19-9-18-23(21,22)15-4-2-1-3-13(15)19/h1-7,9H,8H2. The Morgan fingerprint density at radius 2 is 1.83 bits per heavy atom. The highest BCUT2D eigenvalue weighted by molar-refractivity contribution is 7.90. The summed E-state index contributed by atoms with van der Waals surface area (Å²) in [6.07, 6.45) is 1.04. The Bertz CT molecular complexity index is 926. The van der Waals surface area contributed by atoms with Crippen LogP contribution in [0.1, 0.15) is 10.4 Å². The molecule has 2 aromatic rings. The number of halogens is 2. The first-order chi connectivity index (χ1) is 10.9. The molecule has 0 spiro atoms. The van der Waals surface area contributed by atoms with Gasteiger partial charge in [-0.2, -0.15) is 8.42 Å². The van der Waals surface area contributed by atoms with Gasteiger partial charge >= 0.3 is 0 Å². The van der Waals surface area contributed by atoms with Crippen LogP contribution in [-0.2, 0) is 10.0 Å². The van der Waals surface area contributed by atoms with E-state index in [1.807, 2.05) is 0 Å². The molecule has 1 aliphatic rings. The van der Waals surface area contributed by atoms with Crippen molar-refractivity contribution >= 4 is 27.8 Å². The van der Waals surface area contributed by atoms with Crippen LogP contribution in [-0.4, -0.2) is 27.1 Å². The van der Waals surface area contributed by atoms with E-state index in [2.05, 4.69) is 4.40 Å². The van der Waals surface area contributed by atoms with E-state index in [9.17, 15) is 22.0 Å². The summed E-state index contributed by atoms with van der Waals surface area (Å²) in [5, 5.41) is 0. The van der Waals surface area contributed by atoms with Gasteiger partial charge in [0.15, 0.2) is 17.4 Å². The molecule has 0 unspecified atom stereocenters. The highest BCUT2D eigenvalue weighted by atomic mass is 32.2. The molecule has 1 heterocycles. The van der Waals surface area contributed by atoms with E-state index in [1.54, 1.807) is 12.1 Å². The highest BCUT2D eigenvalue weighted by Gasteiger charge is 2.26. The summed E-state index contributed by atoms with van der Waals surface area (Å²) in [4.78, 5) is 13.5. The maximum atomic E-state index is 13.2. The van der Waals surface area contributed by atoms with Crippen LogP contribution in [0.5, 0.6) is 0 Å². The molecule has 0 bridgehead atoms. The Hall–Kier alpha value is -2.61. The Morgan fingerprint density at radius 1 is 1.09 bits per heavy atom. The van der Waals surface area contributed by atoms with E-state index in [0.29, 0.717) is 5.69 Å². The summed E-state index contributed by atoms with van der Waals surface area (Å²) < 4.78 is 53.3. The first kappa shape index (κ1) is 15.3. The first-order valence-electron chi connectivity index (χ1n) is 6.53. The van der Waals surface area contributed by atoms with Crippen molar-refractivity contribution in [3.8, 4) is 0 Å². The van der Waals surface area contributed by atoms with Gasteiger partial charge in [-0.25, -0.2) is 8.78 Å². The van der Waals surface area contributed by atoms with Crippen molar-refractivity contribution in [2.45, 2.75) is 4.90 Å². The summed E-state index contributed by atoms with van der Waals surface area (Å²) in [7, 11) is -3.78. The summed E-state index contributed by atoms with van der Waals surface area (Å²) in [5.74, 6) is -2.66. The minimum Gasteiger partial charge on any atom is -0.323 e. The van der Waals surface area contributed by atoms with Crippen LogP contribution in [0.3, 0.4) is 0 Å². The summed E-state index contributed by atoms with van der Waals surface area (Å²) >= 11 is 0. The van der Waals surface area contributed by atoms with Gasteiger partial charge in [0, 0.05) is 5.56 Å². The number of rotatable bonds is 3. The lowest BCUT2D eigenvalue weighted by Gasteiger charge is -2.24. The van der Waals surface area contributed by atoms with Crippen LogP contribution in [0.25, 0.3) is 0 Å². The minimum absolute atomic E-state index is 0.0109. The second kappa shape index (κ2) is 5.54. The molecule has 0 saturated heterocycles. The lowest BCUT2D eigenvalue weighted by molar-refractivity contribution is 0.100. The zero-order chi connectivity index (χ0) is 16.6. The van der Waals surface area contributed by atoms with Crippen LogP contribution in [0.4, 0.5) is 14.5 Å². The Morgan fingerprint density at radius 3 is 2.57 bits per heavy atom. The van der Waals surface area contributed by atoms with E-state index in [0.717, 1.165) is 18.5 Å². The molecule has 0 N–H and O–H groups in total. The van der Waals surface area contributed by atoms with Gasteiger partial charge in [0.05, 0.1) is 12.2 Å². The van der Waals surface area contributed by atoms with Gasteiger partial charge in [0.25, 0.3) is 10.0 Å². The normalized spacial score (nSPS) is 15.3. The number of carbonyl (C=O) groups is 1. The van der Waals surface area contributed by atoms with Gasteiger partial charge in [-0.15, -0.1) is 4.40 Å². The van der Waals surface area contributed by atoms with Gasteiger partial charge in [-0.1, -0.05) is 12.1 Å². The SMILES string of the molecule is O=C(CN1C=NS(=O)(=O)c2ccccc21)c1ccc(F)c(F)c1. The molecule has 23 heavy (non-hydrogen) atoms. The van der Waals surface area contributed by atoms with Crippen molar-refractivity contribution in [1.29, 1.82) is 0 Å². The number of hydrogen-bond acceptors (Lipinski definition) is 4. The fraction of sp³-hybridized carbons (Fsp3) is 0.0667. The zero-order valence-corrected chi connectivity index (χ0v) is 12.4. The average Bonchev–Trinajstić information content (AvgIpc) is 2.53. The quantitative estimate of drug-likeness (QED) is 0.807. The number of fused-ring (bicyclic) bond motifs is 1. The molecule has 0 atom stereocenters. The van der Waals surface area contributed by atoms with E-state index in [-0.39, 0.29) is 17.0 Å². The molecule has 118 valence electrons. The minimum atomic E-state index is -3.78. The predicted molar refractivity (Wildman–Crippen MR) is 80.2 cm³/mol. The molecule has 0 saturated carbocycles. The smallest absolute Gasteiger partial charge is 0.285 e. The number of Topliss-reactive ketones (excluding diaryl/α,β-unsaturated/α-hetero) is 1. The Balaban J connectivity index is 1.91. The number of nitrogens with zero attached hydrogens (tertiary/aromatic N) is 2. The second-order valence-corrected chi connectivity index (χ2v) is 6.44. The fourth-order valence-corrected chi connectivity index (χ4v) is 3.24. The molecule has 0 fully saturated rings. The third kappa shape index (κ3) is 2.85. The molecule has 8 heteroatoms. The number of para-hydroxylation sites is 1. The summed E-state index contributed by atoms with van der Waals surface area (Å²) in [6, 6.07) is 8.94. The topological polar surface area (TPSA) is 66.8 Å². The molecule has 5 nitrogen and oxygen atoms in total. The monoisotopic (exact) mass is 336 g/mol. The van der Waals surface area contributed by atoms with Gasteiger partial charge in [-0.3, -0.25) is 4.79 Å². The molecule has 0 aromatic heterocycles. The summed E-state index contributed by atoms with van der Waals surface area (Å²) in [5.41, 5.74) is 0.293. The number of hydrogen-bond donors (Lipinski definition) is 0. The number of sulfonamides is 1. The number of carbonyl (C=O) groups excluding carboxylic acids is 1. The lowest BCUT2D eigenvalue weighted by Crippen LogP contribution is -2.32. The number of benzene rings is 2. The largest absolute Gasteiger partial charge is 0.323 e. The molecular formula is C15H10F2N2O3S. The van der Waals surface area contributed by atoms with Crippen LogP contribution in [0, 0.1) is 11.6 Å². The van der Waals surface area contributed by atoms with Gasteiger partial charge in [-0.05, 0) is 30.3 Å². The maximum absolute atomic E-state index is 13.2. The zero-order valence-electron chi connectivity index (χ0n) is 11.6. The molecule has 1 aliphatic heterocycles. The Labute approximate surface area is 130 Å². The maximum Gasteiger partial charge on any atom is 0.285 e. The van der Waals surface area contributed by atoms with Crippen LogP contribution in [0.2, 0.25) is 0 Å². The molecule has 2 aromatic carbocycles. The first-order valence-corrected chi connectivity index (χ1v) is 7.97. The van der Waals surface area contributed by atoms with Crippen molar-refractivity contribution in [3.63, 3.8) is 0 Å². The molecule has 0 aliphatic carbocycles. The second-order valence-electron chi connectivity index (χ2n) is 4.84. The van der Waals surface area contributed by atoms with Gasteiger partial charge < -0.3 is 4.90 Å². The highest BCUT2D eigenvalue weighted by Crippen LogP contribution is 2.29. The number of anilines is 1. The van der Waals surface area contributed by atoms with Crippen LogP contribution in [0.15, 0.2) is 51.8 Å².